The molecule has 0 aliphatic heterocycles. The smallest absolute Gasteiger partial charge is 0.137 e. The molecule has 0 unspecified atom stereocenters. The number of ether oxygens (including phenoxy) is 1. The maximum atomic E-state index is 8.88. The van der Waals surface area contributed by atoms with Gasteiger partial charge in [-0.1, -0.05) is 12.1 Å². The van der Waals surface area contributed by atoms with Crippen LogP contribution in [0.15, 0.2) is 29.6 Å². The third-order valence-electron chi connectivity index (χ3n) is 2.05. The van der Waals surface area contributed by atoms with Crippen LogP contribution in [0.2, 0.25) is 0 Å². The Bertz CT molecular complexity index is 528. The van der Waals surface area contributed by atoms with Crippen LogP contribution in [0.4, 0.5) is 0 Å². The summed E-state index contributed by atoms with van der Waals surface area (Å²) in [4.78, 5) is 4.29. The van der Waals surface area contributed by atoms with E-state index < -0.39 is 0 Å². The van der Waals surface area contributed by atoms with Gasteiger partial charge in [0.25, 0.3) is 0 Å². The van der Waals surface area contributed by atoms with Crippen LogP contribution in [0.3, 0.4) is 0 Å². The number of para-hydroxylation sites is 1. The van der Waals surface area contributed by atoms with Crippen molar-refractivity contribution in [2.24, 2.45) is 0 Å². The Morgan fingerprint density at radius 2 is 2.25 bits per heavy atom. The highest BCUT2D eigenvalue weighted by molar-refractivity contribution is 7.09. The van der Waals surface area contributed by atoms with Crippen molar-refractivity contribution in [2.45, 2.75) is 13.5 Å². The lowest BCUT2D eigenvalue weighted by atomic mass is 10.2. The number of thiazole rings is 1. The summed E-state index contributed by atoms with van der Waals surface area (Å²) in [6.45, 7) is 2.36. The summed E-state index contributed by atoms with van der Waals surface area (Å²) in [5.74, 6) is 0.607. The van der Waals surface area contributed by atoms with Crippen LogP contribution in [-0.2, 0) is 6.61 Å². The first-order valence-corrected chi connectivity index (χ1v) is 5.70. The third kappa shape index (κ3) is 2.38. The Labute approximate surface area is 97.9 Å². The van der Waals surface area contributed by atoms with E-state index in [9.17, 15) is 0 Å². The minimum Gasteiger partial charge on any atom is -0.486 e. The highest BCUT2D eigenvalue weighted by atomic mass is 32.1. The van der Waals surface area contributed by atoms with Crippen molar-refractivity contribution < 1.29 is 4.74 Å². The highest BCUT2D eigenvalue weighted by Gasteiger charge is 2.03. The van der Waals surface area contributed by atoms with Gasteiger partial charge in [0.1, 0.15) is 18.4 Å². The van der Waals surface area contributed by atoms with E-state index in [4.69, 9.17) is 10.00 Å². The molecular weight excluding hydrogens is 220 g/mol. The quantitative estimate of drug-likeness (QED) is 0.814. The van der Waals surface area contributed by atoms with Crippen LogP contribution in [0.5, 0.6) is 5.75 Å². The molecule has 16 heavy (non-hydrogen) atoms. The van der Waals surface area contributed by atoms with E-state index in [2.05, 4.69) is 11.1 Å². The second-order valence-electron chi connectivity index (χ2n) is 3.25. The van der Waals surface area contributed by atoms with Crippen LogP contribution in [-0.4, -0.2) is 4.98 Å². The predicted octanol–water partition coefficient (Wildman–Crippen LogP) is 2.90. The number of aromatic nitrogens is 1. The SMILES string of the molecule is Cc1nc(COc2ccccc2C#N)cs1. The van der Waals surface area contributed by atoms with E-state index in [0.29, 0.717) is 17.9 Å². The second-order valence-corrected chi connectivity index (χ2v) is 4.32. The summed E-state index contributed by atoms with van der Waals surface area (Å²) < 4.78 is 5.55. The van der Waals surface area contributed by atoms with Crippen LogP contribution in [0.1, 0.15) is 16.3 Å². The van der Waals surface area contributed by atoms with Gasteiger partial charge < -0.3 is 4.74 Å². The molecule has 2 aromatic rings. The van der Waals surface area contributed by atoms with Crippen molar-refractivity contribution in [2.75, 3.05) is 0 Å². The fraction of sp³-hybridized carbons (Fsp3) is 0.167. The normalized spacial score (nSPS) is 9.75. The van der Waals surface area contributed by atoms with Crippen molar-refractivity contribution in [1.82, 2.24) is 4.98 Å². The van der Waals surface area contributed by atoms with E-state index in [1.165, 1.54) is 0 Å². The highest BCUT2D eigenvalue weighted by Crippen LogP contribution is 2.18. The molecular formula is C12H10N2OS. The fourth-order valence-electron chi connectivity index (χ4n) is 1.31. The first-order chi connectivity index (χ1) is 7.79. The van der Waals surface area contributed by atoms with Crippen molar-refractivity contribution in [3.8, 4) is 11.8 Å². The Hall–Kier alpha value is -1.86. The summed E-state index contributed by atoms with van der Waals surface area (Å²) in [5, 5.41) is 11.9. The Kier molecular flexibility index (Phi) is 3.18. The van der Waals surface area contributed by atoms with E-state index in [0.717, 1.165) is 10.7 Å². The van der Waals surface area contributed by atoms with Gasteiger partial charge in [-0.05, 0) is 19.1 Å². The molecule has 2 rings (SSSR count). The topological polar surface area (TPSA) is 45.9 Å². The number of rotatable bonds is 3. The number of benzene rings is 1. The van der Waals surface area contributed by atoms with Gasteiger partial charge in [0.05, 0.1) is 16.3 Å². The van der Waals surface area contributed by atoms with Gasteiger partial charge in [-0.25, -0.2) is 4.98 Å². The number of nitriles is 1. The first kappa shape index (κ1) is 10.7. The standard InChI is InChI=1S/C12H10N2OS/c1-9-14-11(8-16-9)7-15-12-5-3-2-4-10(12)6-13/h2-5,8H,7H2,1H3. The molecule has 1 aromatic heterocycles. The molecule has 0 saturated heterocycles. The van der Waals surface area contributed by atoms with Gasteiger partial charge in [0.15, 0.2) is 0 Å². The van der Waals surface area contributed by atoms with E-state index in [1.54, 1.807) is 23.5 Å². The van der Waals surface area contributed by atoms with Gasteiger partial charge in [0.2, 0.25) is 0 Å². The average Bonchev–Trinajstić information content (AvgIpc) is 2.73. The fourth-order valence-corrected chi connectivity index (χ4v) is 1.91. The maximum Gasteiger partial charge on any atom is 0.137 e. The molecule has 0 amide bonds. The van der Waals surface area contributed by atoms with Crippen LogP contribution in [0, 0.1) is 18.3 Å². The van der Waals surface area contributed by atoms with E-state index >= 15 is 0 Å². The van der Waals surface area contributed by atoms with Crippen LogP contribution in [0.25, 0.3) is 0 Å². The monoisotopic (exact) mass is 230 g/mol. The molecule has 1 aromatic carbocycles. The maximum absolute atomic E-state index is 8.88. The summed E-state index contributed by atoms with van der Waals surface area (Å²) in [6.07, 6.45) is 0. The molecule has 0 aliphatic carbocycles. The van der Waals surface area contributed by atoms with Gasteiger partial charge in [0, 0.05) is 5.38 Å². The van der Waals surface area contributed by atoms with Gasteiger partial charge in [-0.2, -0.15) is 5.26 Å². The lowest BCUT2D eigenvalue weighted by Gasteiger charge is -2.05. The second kappa shape index (κ2) is 4.77. The molecule has 0 saturated carbocycles. The number of nitrogens with zero attached hydrogens (tertiary/aromatic N) is 2. The zero-order chi connectivity index (χ0) is 11.4. The minimum atomic E-state index is 0.406. The van der Waals surface area contributed by atoms with Crippen molar-refractivity contribution in [3.63, 3.8) is 0 Å². The zero-order valence-corrected chi connectivity index (χ0v) is 9.62. The summed E-state index contributed by atoms with van der Waals surface area (Å²) in [5.41, 5.74) is 1.45. The predicted molar refractivity (Wildman–Crippen MR) is 62.3 cm³/mol. The first-order valence-electron chi connectivity index (χ1n) is 4.82. The molecule has 0 N–H and O–H groups in total. The Balaban J connectivity index is 2.08. The molecule has 0 bridgehead atoms. The number of aryl methyl sites for hydroxylation is 1. The Morgan fingerprint density at radius 1 is 1.44 bits per heavy atom. The minimum absolute atomic E-state index is 0.406. The van der Waals surface area contributed by atoms with Crippen LogP contribution < -0.4 is 4.74 Å². The number of hydrogen-bond donors (Lipinski definition) is 0. The lowest BCUT2D eigenvalue weighted by molar-refractivity contribution is 0.301. The summed E-state index contributed by atoms with van der Waals surface area (Å²) >= 11 is 1.59. The summed E-state index contributed by atoms with van der Waals surface area (Å²) in [7, 11) is 0. The molecule has 4 heteroatoms. The molecule has 0 radical (unpaired) electrons. The van der Waals surface area contributed by atoms with E-state index in [1.807, 2.05) is 24.4 Å². The largest absolute Gasteiger partial charge is 0.486 e. The molecule has 80 valence electrons. The van der Waals surface area contributed by atoms with Gasteiger partial charge in [-0.3, -0.25) is 0 Å². The Morgan fingerprint density at radius 3 is 2.94 bits per heavy atom. The van der Waals surface area contributed by atoms with E-state index in [-0.39, 0.29) is 0 Å². The van der Waals surface area contributed by atoms with Crippen molar-refractivity contribution in [3.05, 3.63) is 45.9 Å². The molecule has 0 fully saturated rings. The molecule has 3 nitrogen and oxygen atoms in total. The van der Waals surface area contributed by atoms with Crippen molar-refractivity contribution in [1.29, 1.82) is 5.26 Å². The molecule has 0 atom stereocenters. The van der Waals surface area contributed by atoms with Crippen LogP contribution >= 0.6 is 11.3 Å². The lowest BCUT2D eigenvalue weighted by Crippen LogP contribution is -1.97. The molecule has 0 aliphatic rings. The summed E-state index contributed by atoms with van der Waals surface area (Å²) in [6, 6.07) is 9.29. The molecule has 0 spiro atoms. The van der Waals surface area contributed by atoms with Gasteiger partial charge >= 0.3 is 0 Å². The van der Waals surface area contributed by atoms with Gasteiger partial charge in [-0.15, -0.1) is 11.3 Å². The molecule has 1 heterocycles. The zero-order valence-electron chi connectivity index (χ0n) is 8.80. The average molecular weight is 230 g/mol. The van der Waals surface area contributed by atoms with Crippen molar-refractivity contribution >= 4 is 11.3 Å². The third-order valence-corrected chi connectivity index (χ3v) is 2.87. The number of hydrogen-bond acceptors (Lipinski definition) is 4.